The quantitative estimate of drug-likeness (QED) is 0.539. The fourth-order valence-corrected chi connectivity index (χ4v) is 2.29. The van der Waals surface area contributed by atoms with Crippen LogP contribution in [0.2, 0.25) is 0 Å². The number of hydrogen-bond donors (Lipinski definition) is 1. The van der Waals surface area contributed by atoms with Crippen molar-refractivity contribution in [2.24, 2.45) is 5.92 Å². The van der Waals surface area contributed by atoms with Gasteiger partial charge in [-0.25, -0.2) is 0 Å². The van der Waals surface area contributed by atoms with Crippen LogP contribution in [-0.4, -0.2) is 31.0 Å². The van der Waals surface area contributed by atoms with Crippen molar-refractivity contribution in [1.29, 1.82) is 0 Å². The van der Waals surface area contributed by atoms with Crippen LogP contribution in [0.3, 0.4) is 0 Å². The number of carbonyl (C=O) groups excluding carboxylic acids is 1. The van der Waals surface area contributed by atoms with Crippen molar-refractivity contribution in [1.82, 2.24) is 5.32 Å². The van der Waals surface area contributed by atoms with Crippen molar-refractivity contribution in [3.05, 3.63) is 0 Å². The van der Waals surface area contributed by atoms with E-state index in [1.807, 2.05) is 0 Å². The maximum absolute atomic E-state index is 11.7. The minimum Gasteiger partial charge on any atom is -0.378 e. The van der Waals surface area contributed by atoms with Crippen LogP contribution >= 0.6 is 11.6 Å². The highest BCUT2D eigenvalue weighted by Gasteiger charge is 2.38. The standard InChI is InChI=1S/C13H24ClNO2/c1-11(10-14)5-3-8-15-12(16)9-13(17-2)6-4-7-13/h11H,3-10H2,1-2H3,(H,15,16). The molecule has 17 heavy (non-hydrogen) atoms. The van der Waals surface area contributed by atoms with Gasteiger partial charge in [0.1, 0.15) is 0 Å². The van der Waals surface area contributed by atoms with Crippen molar-refractivity contribution in [2.45, 2.75) is 51.0 Å². The number of methoxy groups -OCH3 is 1. The number of amides is 1. The summed E-state index contributed by atoms with van der Waals surface area (Å²) in [5, 5.41) is 2.96. The summed E-state index contributed by atoms with van der Waals surface area (Å²) >= 11 is 5.72. The van der Waals surface area contributed by atoms with Gasteiger partial charge in [-0.2, -0.15) is 0 Å². The van der Waals surface area contributed by atoms with Gasteiger partial charge in [-0.05, 0) is 38.0 Å². The molecule has 1 aliphatic rings. The van der Waals surface area contributed by atoms with Crippen LogP contribution < -0.4 is 5.32 Å². The van der Waals surface area contributed by atoms with E-state index in [0.29, 0.717) is 18.2 Å². The highest BCUT2D eigenvalue weighted by molar-refractivity contribution is 6.18. The molecular weight excluding hydrogens is 238 g/mol. The van der Waals surface area contributed by atoms with Crippen LogP contribution in [0.25, 0.3) is 0 Å². The molecular formula is C13H24ClNO2. The van der Waals surface area contributed by atoms with Gasteiger partial charge in [0, 0.05) is 19.5 Å². The summed E-state index contributed by atoms with van der Waals surface area (Å²) in [5.41, 5.74) is -0.159. The number of nitrogens with one attached hydrogen (secondary N) is 1. The molecule has 3 nitrogen and oxygen atoms in total. The van der Waals surface area contributed by atoms with Crippen molar-refractivity contribution in [2.75, 3.05) is 19.5 Å². The maximum Gasteiger partial charge on any atom is 0.222 e. The van der Waals surface area contributed by atoms with E-state index in [-0.39, 0.29) is 11.5 Å². The Labute approximate surface area is 109 Å². The second kappa shape index (κ2) is 7.22. The minimum atomic E-state index is -0.159. The lowest BCUT2D eigenvalue weighted by atomic mass is 9.77. The second-order valence-electron chi connectivity index (χ2n) is 5.17. The summed E-state index contributed by atoms with van der Waals surface area (Å²) in [6.45, 7) is 2.88. The predicted octanol–water partition coefficient (Wildman–Crippen LogP) is 2.72. The van der Waals surface area contributed by atoms with Gasteiger partial charge in [0.15, 0.2) is 0 Å². The average Bonchev–Trinajstić information content (AvgIpc) is 2.29. The molecule has 1 amide bonds. The highest BCUT2D eigenvalue weighted by atomic mass is 35.5. The smallest absolute Gasteiger partial charge is 0.222 e. The molecule has 4 heteroatoms. The molecule has 0 spiro atoms. The number of hydrogen-bond acceptors (Lipinski definition) is 2. The third-order valence-electron chi connectivity index (χ3n) is 3.64. The Hall–Kier alpha value is -0.280. The summed E-state index contributed by atoms with van der Waals surface area (Å²) in [5.74, 6) is 1.34. The molecule has 1 rings (SSSR count). The van der Waals surface area contributed by atoms with Crippen LogP contribution in [0.5, 0.6) is 0 Å². The van der Waals surface area contributed by atoms with Gasteiger partial charge >= 0.3 is 0 Å². The topological polar surface area (TPSA) is 38.3 Å². The first-order valence-electron chi connectivity index (χ1n) is 6.50. The van der Waals surface area contributed by atoms with E-state index in [2.05, 4.69) is 12.2 Å². The molecule has 0 saturated heterocycles. The van der Waals surface area contributed by atoms with E-state index in [1.165, 1.54) is 6.42 Å². The van der Waals surface area contributed by atoms with E-state index in [4.69, 9.17) is 16.3 Å². The molecule has 1 saturated carbocycles. The van der Waals surface area contributed by atoms with E-state index in [1.54, 1.807) is 7.11 Å². The molecule has 100 valence electrons. The molecule has 0 aliphatic heterocycles. The summed E-state index contributed by atoms with van der Waals surface area (Å²) in [6, 6.07) is 0. The van der Waals surface area contributed by atoms with Gasteiger partial charge in [-0.3, -0.25) is 4.79 Å². The van der Waals surface area contributed by atoms with Crippen LogP contribution in [-0.2, 0) is 9.53 Å². The second-order valence-corrected chi connectivity index (χ2v) is 5.48. The van der Waals surface area contributed by atoms with Gasteiger partial charge < -0.3 is 10.1 Å². The summed E-state index contributed by atoms with van der Waals surface area (Å²) < 4.78 is 5.43. The molecule has 0 aromatic carbocycles. The molecule has 0 aromatic heterocycles. The number of halogens is 1. The third kappa shape index (κ3) is 4.84. The number of alkyl halides is 1. The van der Waals surface area contributed by atoms with Crippen LogP contribution in [0.15, 0.2) is 0 Å². The fraction of sp³-hybridized carbons (Fsp3) is 0.923. The summed E-state index contributed by atoms with van der Waals surface area (Å²) in [7, 11) is 1.70. The maximum atomic E-state index is 11.7. The Kier molecular flexibility index (Phi) is 6.28. The fourth-order valence-electron chi connectivity index (χ4n) is 2.13. The highest BCUT2D eigenvalue weighted by Crippen LogP contribution is 2.37. The molecule has 1 unspecified atom stereocenters. The van der Waals surface area contributed by atoms with E-state index < -0.39 is 0 Å². The third-order valence-corrected chi connectivity index (χ3v) is 4.17. The number of carbonyl (C=O) groups is 1. The molecule has 1 atom stereocenters. The molecule has 0 radical (unpaired) electrons. The first-order chi connectivity index (χ1) is 8.12. The minimum absolute atomic E-state index is 0.116. The lowest BCUT2D eigenvalue weighted by molar-refractivity contribution is -0.134. The lowest BCUT2D eigenvalue weighted by Gasteiger charge is -2.39. The monoisotopic (exact) mass is 261 g/mol. The zero-order valence-corrected chi connectivity index (χ0v) is 11.7. The van der Waals surface area contributed by atoms with Gasteiger partial charge in [0.25, 0.3) is 0 Å². The van der Waals surface area contributed by atoms with Crippen LogP contribution in [0, 0.1) is 5.92 Å². The van der Waals surface area contributed by atoms with Crippen molar-refractivity contribution in [3.63, 3.8) is 0 Å². The van der Waals surface area contributed by atoms with Gasteiger partial charge in [-0.1, -0.05) is 6.92 Å². The summed E-state index contributed by atoms with van der Waals surface area (Å²) in [4.78, 5) is 11.7. The SMILES string of the molecule is COC1(CC(=O)NCCCC(C)CCl)CCC1. The first kappa shape index (κ1) is 14.8. The number of rotatable bonds is 8. The molecule has 1 fully saturated rings. The Morgan fingerprint density at radius 1 is 1.53 bits per heavy atom. The van der Waals surface area contributed by atoms with Crippen LogP contribution in [0.4, 0.5) is 0 Å². The zero-order valence-electron chi connectivity index (χ0n) is 10.9. The number of ether oxygens (including phenoxy) is 1. The van der Waals surface area contributed by atoms with E-state index >= 15 is 0 Å². The Bertz CT molecular complexity index is 236. The van der Waals surface area contributed by atoms with Crippen LogP contribution in [0.1, 0.15) is 45.4 Å². The van der Waals surface area contributed by atoms with Crippen molar-refractivity contribution < 1.29 is 9.53 Å². The molecule has 0 bridgehead atoms. The lowest BCUT2D eigenvalue weighted by Crippen LogP contribution is -2.44. The Balaban J connectivity index is 2.09. The summed E-state index contributed by atoms with van der Waals surface area (Å²) in [6.07, 6.45) is 5.78. The molecule has 0 heterocycles. The molecule has 1 aliphatic carbocycles. The van der Waals surface area contributed by atoms with Crippen molar-refractivity contribution >= 4 is 17.5 Å². The Morgan fingerprint density at radius 3 is 2.71 bits per heavy atom. The van der Waals surface area contributed by atoms with Gasteiger partial charge in [0.05, 0.1) is 12.0 Å². The average molecular weight is 262 g/mol. The van der Waals surface area contributed by atoms with Gasteiger partial charge in [-0.15, -0.1) is 11.6 Å². The zero-order chi connectivity index (χ0) is 12.7. The molecule has 1 N–H and O–H groups in total. The normalized spacial score (nSPS) is 19.5. The predicted molar refractivity (Wildman–Crippen MR) is 70.3 cm³/mol. The molecule has 0 aromatic rings. The van der Waals surface area contributed by atoms with E-state index in [9.17, 15) is 4.79 Å². The first-order valence-corrected chi connectivity index (χ1v) is 7.03. The van der Waals surface area contributed by atoms with Gasteiger partial charge in [0.2, 0.25) is 5.91 Å². The largest absolute Gasteiger partial charge is 0.378 e. The van der Waals surface area contributed by atoms with E-state index in [0.717, 1.165) is 32.2 Å². The Morgan fingerprint density at radius 2 is 2.24 bits per heavy atom. The van der Waals surface area contributed by atoms with Crippen molar-refractivity contribution in [3.8, 4) is 0 Å².